The van der Waals surface area contributed by atoms with Gasteiger partial charge in [0.2, 0.25) is 0 Å². The van der Waals surface area contributed by atoms with Crippen molar-refractivity contribution in [2.24, 2.45) is 10.9 Å². The van der Waals surface area contributed by atoms with Gasteiger partial charge in [-0.1, -0.05) is 12.1 Å². The maximum absolute atomic E-state index is 10.8. The Morgan fingerprint density at radius 3 is 2.30 bits per heavy atom. The van der Waals surface area contributed by atoms with E-state index in [1.165, 1.54) is 18.2 Å². The fourth-order valence-electron chi connectivity index (χ4n) is 4.02. The number of aliphatic hydroxyl groups excluding tert-OH is 3. The Morgan fingerprint density at radius 1 is 1.00 bits per heavy atom. The zero-order valence-electron chi connectivity index (χ0n) is 14.1. The molecule has 2 aromatic carbocycles. The number of rotatable bonds is 0. The normalized spacial score (nSPS) is 31.4. The summed E-state index contributed by atoms with van der Waals surface area (Å²) in [4.78, 5) is 0. The first-order valence-corrected chi connectivity index (χ1v) is 8.13. The molecule has 9 nitrogen and oxygen atoms in total. The van der Waals surface area contributed by atoms with Crippen LogP contribution in [0, 0.1) is 0 Å². The number of benzene rings is 2. The quantitative estimate of drug-likeness (QED) is 0.168. The van der Waals surface area contributed by atoms with E-state index in [2.05, 4.69) is 5.10 Å². The van der Waals surface area contributed by atoms with Crippen LogP contribution < -0.4 is 5.84 Å². The van der Waals surface area contributed by atoms with Crippen molar-refractivity contribution in [1.29, 1.82) is 0 Å². The number of nitrogens with zero attached hydrogens (tertiary/aromatic N) is 1. The van der Waals surface area contributed by atoms with Crippen molar-refractivity contribution in [3.8, 4) is 17.2 Å². The van der Waals surface area contributed by atoms with Gasteiger partial charge in [0, 0.05) is 22.1 Å². The highest BCUT2D eigenvalue weighted by atomic mass is 16.4. The highest BCUT2D eigenvalue weighted by molar-refractivity contribution is 6.29. The lowest BCUT2D eigenvalue weighted by molar-refractivity contribution is -0.152. The van der Waals surface area contributed by atoms with Gasteiger partial charge in [-0.25, -0.2) is 0 Å². The molecule has 2 aromatic rings. The Bertz CT molecular complexity index is 1060. The molecule has 142 valence electrons. The average Bonchev–Trinajstić information content (AvgIpc) is 2.98. The molecule has 27 heavy (non-hydrogen) atoms. The number of aliphatic hydroxyl groups is 4. The summed E-state index contributed by atoms with van der Waals surface area (Å²) in [6, 6.07) is 4.21. The van der Waals surface area contributed by atoms with Crippen LogP contribution in [0.3, 0.4) is 0 Å². The van der Waals surface area contributed by atoms with Gasteiger partial charge in [0.15, 0.2) is 0 Å². The molecule has 0 saturated heterocycles. The molecule has 2 aliphatic carbocycles. The van der Waals surface area contributed by atoms with Crippen molar-refractivity contribution >= 4 is 22.1 Å². The third-order valence-corrected chi connectivity index (χ3v) is 5.46. The van der Waals surface area contributed by atoms with Gasteiger partial charge in [0.25, 0.3) is 0 Å². The number of aromatic hydroxyl groups is 3. The number of hydrazone groups is 1. The molecule has 0 fully saturated rings. The zero-order chi connectivity index (χ0) is 19.8. The molecule has 0 spiro atoms. The summed E-state index contributed by atoms with van der Waals surface area (Å²) in [5.41, 5.74) is -2.71. The van der Waals surface area contributed by atoms with E-state index >= 15 is 0 Å². The number of hydrogen-bond acceptors (Lipinski definition) is 9. The summed E-state index contributed by atoms with van der Waals surface area (Å²) in [7, 11) is 0. The zero-order valence-corrected chi connectivity index (χ0v) is 14.1. The van der Waals surface area contributed by atoms with E-state index in [1.54, 1.807) is 0 Å². The van der Waals surface area contributed by atoms with Crippen LogP contribution in [0.1, 0.15) is 18.1 Å². The van der Waals surface area contributed by atoms with E-state index in [4.69, 9.17) is 5.84 Å². The van der Waals surface area contributed by atoms with Crippen molar-refractivity contribution in [3.05, 3.63) is 34.9 Å². The summed E-state index contributed by atoms with van der Waals surface area (Å²) < 4.78 is 0. The van der Waals surface area contributed by atoms with Gasteiger partial charge in [0.05, 0.1) is 10.9 Å². The standard InChI is InChI=1S/C18H18N2O7/c1-18(27)16(25)11-9(15(24)17(18)26)8-10(12(11)20-19)14(23)7-5(13(8)22)3-2-4-6(7)21/h2-4,15-17,21-27H,19H2,1H3. The number of hydrogen-bond donors (Lipinski definition) is 8. The van der Waals surface area contributed by atoms with E-state index < -0.39 is 35.4 Å². The van der Waals surface area contributed by atoms with Crippen LogP contribution in [-0.2, 0) is 0 Å². The van der Waals surface area contributed by atoms with Crippen LogP contribution in [-0.4, -0.2) is 65.4 Å². The predicted octanol–water partition coefficient (Wildman–Crippen LogP) is -0.766. The number of nitrogens with two attached hydrogens (primary N) is 1. The molecule has 4 rings (SSSR count). The summed E-state index contributed by atoms with van der Waals surface area (Å²) in [5.74, 6) is 4.27. The smallest absolute Gasteiger partial charge is 0.137 e. The molecule has 0 saturated carbocycles. The van der Waals surface area contributed by atoms with Crippen LogP contribution in [0.2, 0.25) is 0 Å². The Morgan fingerprint density at radius 2 is 1.67 bits per heavy atom. The number of phenolic OH excluding ortho intramolecular Hbond substituents is 3. The van der Waals surface area contributed by atoms with Crippen LogP contribution in [0.4, 0.5) is 0 Å². The van der Waals surface area contributed by atoms with Gasteiger partial charge in [-0.2, -0.15) is 5.10 Å². The third-order valence-electron chi connectivity index (χ3n) is 5.46. The molecule has 0 radical (unpaired) electrons. The van der Waals surface area contributed by atoms with Gasteiger partial charge >= 0.3 is 0 Å². The monoisotopic (exact) mass is 374 g/mol. The molecule has 4 unspecified atom stereocenters. The van der Waals surface area contributed by atoms with Gasteiger partial charge in [-0.05, 0) is 13.0 Å². The lowest BCUT2D eigenvalue weighted by Gasteiger charge is -2.41. The first-order chi connectivity index (χ1) is 12.6. The van der Waals surface area contributed by atoms with E-state index in [0.29, 0.717) is 0 Å². The van der Waals surface area contributed by atoms with Crippen molar-refractivity contribution in [2.75, 3.05) is 0 Å². The molecule has 0 amide bonds. The molecule has 9 heteroatoms. The lowest BCUT2D eigenvalue weighted by Crippen LogP contribution is -2.59. The molecular formula is C18H18N2O7. The molecular weight excluding hydrogens is 356 g/mol. The summed E-state index contributed by atoms with van der Waals surface area (Å²) >= 11 is 0. The highest BCUT2D eigenvalue weighted by Gasteiger charge is 2.55. The minimum Gasteiger partial charge on any atom is -0.507 e. The summed E-state index contributed by atoms with van der Waals surface area (Å²) in [5, 5.41) is 77.2. The minimum absolute atomic E-state index is 0.0639. The molecule has 0 aromatic heterocycles. The maximum atomic E-state index is 10.8. The Kier molecular flexibility index (Phi) is 3.47. The van der Waals surface area contributed by atoms with Gasteiger partial charge in [-0.15, -0.1) is 0 Å². The molecule has 0 aliphatic heterocycles. The number of fused-ring (bicyclic) bond motifs is 3. The van der Waals surface area contributed by atoms with Crippen LogP contribution in [0.5, 0.6) is 17.2 Å². The Balaban J connectivity index is 2.17. The fourth-order valence-corrected chi connectivity index (χ4v) is 4.02. The van der Waals surface area contributed by atoms with Gasteiger partial charge < -0.3 is 41.6 Å². The molecule has 0 heterocycles. The second-order valence-electron chi connectivity index (χ2n) is 6.97. The van der Waals surface area contributed by atoms with Gasteiger partial charge in [0.1, 0.15) is 46.9 Å². The van der Waals surface area contributed by atoms with Crippen molar-refractivity contribution in [2.45, 2.75) is 30.8 Å². The highest BCUT2D eigenvalue weighted by Crippen LogP contribution is 2.54. The van der Waals surface area contributed by atoms with E-state index in [1.807, 2.05) is 0 Å². The largest absolute Gasteiger partial charge is 0.507 e. The van der Waals surface area contributed by atoms with E-state index in [-0.39, 0.29) is 44.5 Å². The predicted molar refractivity (Wildman–Crippen MR) is 95.2 cm³/mol. The average molecular weight is 374 g/mol. The summed E-state index contributed by atoms with van der Waals surface area (Å²) in [6.07, 6.45) is -5.19. The topological polar surface area (TPSA) is 180 Å². The SMILES string of the molecule is CC1(O)C(O)C2=C(c3c(c(O)c4c(O)cccc4c3O)C2=NN)C(O)C1O. The first-order valence-electron chi connectivity index (χ1n) is 8.13. The second-order valence-corrected chi connectivity index (χ2v) is 6.97. The van der Waals surface area contributed by atoms with E-state index in [9.17, 15) is 35.7 Å². The first kappa shape index (κ1) is 17.6. The maximum Gasteiger partial charge on any atom is 0.137 e. The van der Waals surface area contributed by atoms with Crippen LogP contribution in [0.15, 0.2) is 28.9 Å². The van der Waals surface area contributed by atoms with E-state index in [0.717, 1.165) is 6.92 Å². The van der Waals surface area contributed by atoms with Crippen molar-refractivity contribution < 1.29 is 35.7 Å². The van der Waals surface area contributed by atoms with Crippen molar-refractivity contribution in [3.63, 3.8) is 0 Å². The fraction of sp³-hybridized carbons (Fsp3) is 0.278. The Hall–Kier alpha value is -2.85. The molecule has 0 bridgehead atoms. The van der Waals surface area contributed by atoms with Crippen LogP contribution in [0.25, 0.3) is 16.3 Å². The third kappa shape index (κ3) is 1.94. The molecule has 9 N–H and O–H groups in total. The molecule has 2 aliphatic rings. The number of phenols is 3. The van der Waals surface area contributed by atoms with Gasteiger partial charge in [-0.3, -0.25) is 0 Å². The van der Waals surface area contributed by atoms with Crippen molar-refractivity contribution in [1.82, 2.24) is 0 Å². The Labute approximate surface area is 152 Å². The summed E-state index contributed by atoms with van der Waals surface area (Å²) in [6.45, 7) is 1.13. The van der Waals surface area contributed by atoms with Crippen LogP contribution >= 0.6 is 0 Å². The minimum atomic E-state index is -2.14. The second kappa shape index (κ2) is 5.33. The lowest BCUT2D eigenvalue weighted by atomic mass is 9.75. The molecule has 4 atom stereocenters.